The molecule has 3 amide bonds. The molecule has 4 rings (SSSR count). The van der Waals surface area contributed by atoms with Crippen LogP contribution in [0.25, 0.3) is 0 Å². The lowest BCUT2D eigenvalue weighted by Gasteiger charge is -2.24. The molecule has 166 valence electrons. The van der Waals surface area contributed by atoms with Gasteiger partial charge in [-0.15, -0.1) is 0 Å². The van der Waals surface area contributed by atoms with Crippen molar-refractivity contribution in [3.8, 4) is 11.5 Å². The Morgan fingerprint density at radius 1 is 1.12 bits per heavy atom. The van der Waals surface area contributed by atoms with Crippen LogP contribution in [-0.2, 0) is 9.59 Å². The predicted octanol–water partition coefficient (Wildman–Crippen LogP) is 3.73. The third kappa shape index (κ3) is 4.31. The van der Waals surface area contributed by atoms with Gasteiger partial charge in [-0.25, -0.2) is 5.01 Å². The Morgan fingerprint density at radius 3 is 2.47 bits per heavy atom. The van der Waals surface area contributed by atoms with Crippen molar-refractivity contribution in [2.45, 2.75) is 12.5 Å². The molecule has 2 aromatic carbocycles. The van der Waals surface area contributed by atoms with Gasteiger partial charge in [0.05, 0.1) is 31.7 Å². The highest BCUT2D eigenvalue weighted by atomic mass is 35.5. The van der Waals surface area contributed by atoms with Crippen LogP contribution in [0, 0.1) is 0 Å². The van der Waals surface area contributed by atoms with Gasteiger partial charge in [0.2, 0.25) is 5.91 Å². The minimum atomic E-state index is -0.446. The highest BCUT2D eigenvalue weighted by Gasteiger charge is 2.38. The summed E-state index contributed by atoms with van der Waals surface area (Å²) >= 11 is 6.90. The van der Waals surface area contributed by atoms with E-state index in [1.807, 2.05) is 18.2 Å². The van der Waals surface area contributed by atoms with Gasteiger partial charge in [0.15, 0.2) is 11.5 Å². The van der Waals surface area contributed by atoms with Crippen molar-refractivity contribution >= 4 is 46.1 Å². The number of rotatable bonds is 6. The second-order valence-electron chi connectivity index (χ2n) is 7.16. The molecule has 0 saturated carbocycles. The average molecular weight is 474 g/mol. The van der Waals surface area contributed by atoms with E-state index in [1.165, 1.54) is 12.1 Å². The molecule has 2 heterocycles. The number of hydrogen-bond acceptors (Lipinski definition) is 7. The molecule has 0 radical (unpaired) electrons. The monoisotopic (exact) mass is 473 g/mol. The summed E-state index contributed by atoms with van der Waals surface area (Å²) in [4.78, 5) is 38.1. The van der Waals surface area contributed by atoms with Crippen LogP contribution in [0.1, 0.15) is 23.6 Å². The molecule has 2 aliphatic heterocycles. The molecule has 2 aromatic rings. The van der Waals surface area contributed by atoms with E-state index in [0.717, 1.165) is 27.8 Å². The second-order valence-corrected chi connectivity index (χ2v) is 8.52. The molecule has 0 spiro atoms. The van der Waals surface area contributed by atoms with E-state index in [-0.39, 0.29) is 18.2 Å². The van der Waals surface area contributed by atoms with Crippen molar-refractivity contribution in [2.24, 2.45) is 5.10 Å². The van der Waals surface area contributed by atoms with Gasteiger partial charge in [0.25, 0.3) is 11.1 Å². The predicted molar refractivity (Wildman–Crippen MR) is 121 cm³/mol. The first-order valence-electron chi connectivity index (χ1n) is 9.75. The van der Waals surface area contributed by atoms with Gasteiger partial charge in [-0.05, 0) is 35.4 Å². The number of benzene rings is 2. The summed E-state index contributed by atoms with van der Waals surface area (Å²) in [5.41, 5.74) is 2.32. The molecule has 0 aliphatic carbocycles. The summed E-state index contributed by atoms with van der Waals surface area (Å²) in [6.07, 6.45) is 0.444. The van der Waals surface area contributed by atoms with Gasteiger partial charge in [0, 0.05) is 11.4 Å². The maximum absolute atomic E-state index is 13.2. The number of nitrogens with zero attached hydrogens (tertiary/aromatic N) is 3. The Balaban J connectivity index is 1.67. The van der Waals surface area contributed by atoms with Crippen LogP contribution in [0.4, 0.5) is 4.79 Å². The zero-order chi connectivity index (χ0) is 22.8. The standard InChI is InChI=1S/C22H20ClN3O5S/c1-30-18-8-5-14(9-19(18)31-2)17-10-16(13-3-6-15(23)7-4-13)24-26(17)20(27)11-25-21(28)12-32-22(25)29/h3-9,17H,10-12H2,1-2H3. The Kier molecular flexibility index (Phi) is 6.38. The van der Waals surface area contributed by atoms with E-state index >= 15 is 0 Å². The number of carbonyl (C=O) groups is 3. The van der Waals surface area contributed by atoms with Crippen molar-refractivity contribution in [2.75, 3.05) is 26.5 Å². The molecule has 2 aliphatic rings. The first-order chi connectivity index (χ1) is 15.4. The number of methoxy groups -OCH3 is 2. The normalized spacial score (nSPS) is 18.2. The van der Waals surface area contributed by atoms with E-state index in [9.17, 15) is 14.4 Å². The van der Waals surface area contributed by atoms with Gasteiger partial charge in [-0.3, -0.25) is 19.3 Å². The number of amides is 3. The Morgan fingerprint density at radius 2 is 1.84 bits per heavy atom. The average Bonchev–Trinajstić information content (AvgIpc) is 3.38. The first kappa shape index (κ1) is 22.2. The minimum absolute atomic E-state index is 0.0461. The van der Waals surface area contributed by atoms with Crippen LogP contribution in [-0.4, -0.2) is 59.2 Å². The fourth-order valence-corrected chi connectivity index (χ4v) is 4.47. The molecule has 1 saturated heterocycles. The molecular weight excluding hydrogens is 454 g/mol. The van der Waals surface area contributed by atoms with Crippen LogP contribution in [0.3, 0.4) is 0 Å². The molecule has 1 fully saturated rings. The Labute approximate surface area is 194 Å². The zero-order valence-electron chi connectivity index (χ0n) is 17.4. The summed E-state index contributed by atoms with van der Waals surface area (Å²) in [5, 5.41) is 6.08. The van der Waals surface area contributed by atoms with Gasteiger partial charge in [-0.2, -0.15) is 5.10 Å². The number of hydrogen-bond donors (Lipinski definition) is 0. The quantitative estimate of drug-likeness (QED) is 0.635. The van der Waals surface area contributed by atoms with Crippen LogP contribution in [0.5, 0.6) is 11.5 Å². The molecule has 1 unspecified atom stereocenters. The van der Waals surface area contributed by atoms with Gasteiger partial charge in [-0.1, -0.05) is 41.6 Å². The minimum Gasteiger partial charge on any atom is -0.493 e. The molecule has 0 aromatic heterocycles. The molecule has 0 N–H and O–H groups in total. The van der Waals surface area contributed by atoms with Crippen molar-refractivity contribution in [3.63, 3.8) is 0 Å². The van der Waals surface area contributed by atoms with Crippen molar-refractivity contribution < 1.29 is 23.9 Å². The van der Waals surface area contributed by atoms with Crippen molar-refractivity contribution in [3.05, 3.63) is 58.6 Å². The van der Waals surface area contributed by atoms with Crippen LogP contribution < -0.4 is 9.47 Å². The molecule has 1 atom stereocenters. The first-order valence-corrected chi connectivity index (χ1v) is 11.1. The maximum Gasteiger partial charge on any atom is 0.289 e. The van der Waals surface area contributed by atoms with Crippen molar-refractivity contribution in [1.29, 1.82) is 0 Å². The third-order valence-corrected chi connectivity index (χ3v) is 6.38. The molecule has 32 heavy (non-hydrogen) atoms. The Bertz CT molecular complexity index is 1090. The van der Waals surface area contributed by atoms with Gasteiger partial charge < -0.3 is 9.47 Å². The largest absolute Gasteiger partial charge is 0.493 e. The SMILES string of the molecule is COc1ccc(C2CC(c3ccc(Cl)cc3)=NN2C(=O)CN2C(=O)CSC2=O)cc1OC. The van der Waals surface area contributed by atoms with E-state index in [2.05, 4.69) is 5.10 Å². The lowest BCUT2D eigenvalue weighted by molar-refractivity contribution is -0.137. The number of halogens is 1. The summed E-state index contributed by atoms with van der Waals surface area (Å²) in [5.74, 6) is 0.315. The number of carbonyl (C=O) groups excluding carboxylic acids is 3. The molecule has 0 bridgehead atoms. The Hall–Kier alpha value is -3.04. The fraction of sp³-hybridized carbons (Fsp3) is 0.273. The van der Waals surface area contributed by atoms with Gasteiger partial charge in [0.1, 0.15) is 6.54 Å². The van der Waals surface area contributed by atoms with E-state index in [4.69, 9.17) is 21.1 Å². The van der Waals surface area contributed by atoms with E-state index in [1.54, 1.807) is 31.4 Å². The summed E-state index contributed by atoms with van der Waals surface area (Å²) in [6.45, 7) is -0.355. The molecular formula is C22H20ClN3O5S. The number of thioether (sulfide) groups is 1. The fourth-order valence-electron chi connectivity index (χ4n) is 3.62. The third-order valence-electron chi connectivity index (χ3n) is 5.27. The lowest BCUT2D eigenvalue weighted by Crippen LogP contribution is -2.40. The number of ether oxygens (including phenoxy) is 2. The van der Waals surface area contributed by atoms with Gasteiger partial charge >= 0.3 is 0 Å². The van der Waals surface area contributed by atoms with Crippen LogP contribution in [0.15, 0.2) is 47.6 Å². The van der Waals surface area contributed by atoms with E-state index < -0.39 is 17.2 Å². The van der Waals surface area contributed by atoms with Crippen molar-refractivity contribution in [1.82, 2.24) is 9.91 Å². The second kappa shape index (κ2) is 9.22. The zero-order valence-corrected chi connectivity index (χ0v) is 19.0. The molecule has 8 nitrogen and oxygen atoms in total. The maximum atomic E-state index is 13.2. The van der Waals surface area contributed by atoms with Crippen LogP contribution in [0.2, 0.25) is 5.02 Å². The summed E-state index contributed by atoms with van der Waals surface area (Å²) in [6, 6.07) is 12.2. The lowest BCUT2D eigenvalue weighted by atomic mass is 9.98. The number of hydrazone groups is 1. The van der Waals surface area contributed by atoms with Crippen LogP contribution >= 0.6 is 23.4 Å². The number of imide groups is 1. The molecule has 10 heteroatoms. The smallest absolute Gasteiger partial charge is 0.289 e. The highest BCUT2D eigenvalue weighted by Crippen LogP contribution is 2.37. The summed E-state index contributed by atoms with van der Waals surface area (Å²) in [7, 11) is 3.09. The van der Waals surface area contributed by atoms with E-state index in [0.29, 0.717) is 28.7 Å². The summed E-state index contributed by atoms with van der Waals surface area (Å²) < 4.78 is 10.7. The topological polar surface area (TPSA) is 88.5 Å². The highest BCUT2D eigenvalue weighted by molar-refractivity contribution is 8.14.